The van der Waals surface area contributed by atoms with Gasteiger partial charge in [-0.05, 0) is 43.5 Å². The molecule has 0 aliphatic carbocycles. The van der Waals surface area contributed by atoms with Gasteiger partial charge in [-0.15, -0.1) is 0 Å². The molecular formula is C19H21F3N4O. The van der Waals surface area contributed by atoms with E-state index in [1.807, 2.05) is 18.2 Å². The zero-order chi connectivity index (χ0) is 19.3. The third kappa shape index (κ3) is 4.90. The van der Waals surface area contributed by atoms with Crippen LogP contribution in [0.5, 0.6) is 5.75 Å². The zero-order valence-corrected chi connectivity index (χ0v) is 15.0. The summed E-state index contributed by atoms with van der Waals surface area (Å²) in [7, 11) is 1.59. The maximum atomic E-state index is 12.5. The van der Waals surface area contributed by atoms with Gasteiger partial charge in [0.2, 0.25) is 0 Å². The molecule has 1 fully saturated rings. The quantitative estimate of drug-likeness (QED) is 0.613. The fourth-order valence-electron chi connectivity index (χ4n) is 2.95. The third-order valence-corrected chi connectivity index (χ3v) is 4.41. The van der Waals surface area contributed by atoms with Crippen LogP contribution in [-0.2, 0) is 6.18 Å². The standard InChI is InChI=1S/C19H21F3N4O/c1-27-17-11-16(26-9-3-2-4-10-26)7-5-14(17)12-24-25-18-8-6-15(13-23-18)19(20,21)22/h5-8,11-13H,2-4,9-10H2,1H3,(H,23,25)/b24-12-. The second-order valence-corrected chi connectivity index (χ2v) is 6.27. The molecule has 0 amide bonds. The van der Waals surface area contributed by atoms with Gasteiger partial charge in [0.05, 0.1) is 18.9 Å². The van der Waals surface area contributed by atoms with E-state index in [2.05, 4.69) is 20.4 Å². The summed E-state index contributed by atoms with van der Waals surface area (Å²) in [5.41, 5.74) is 3.70. The molecule has 0 atom stereocenters. The lowest BCUT2D eigenvalue weighted by atomic mass is 10.1. The molecule has 1 saturated heterocycles. The average Bonchev–Trinajstić information content (AvgIpc) is 2.68. The molecule has 3 rings (SSSR count). The van der Waals surface area contributed by atoms with E-state index in [1.54, 1.807) is 13.3 Å². The molecule has 5 nitrogen and oxygen atoms in total. The van der Waals surface area contributed by atoms with Crippen LogP contribution in [-0.4, -0.2) is 31.4 Å². The molecule has 0 unspecified atom stereocenters. The zero-order valence-electron chi connectivity index (χ0n) is 15.0. The van der Waals surface area contributed by atoms with Gasteiger partial charge in [-0.3, -0.25) is 5.43 Å². The van der Waals surface area contributed by atoms with E-state index in [9.17, 15) is 13.2 Å². The molecule has 8 heteroatoms. The SMILES string of the molecule is COc1cc(N2CCCCC2)ccc1/C=N\Nc1ccc(C(F)(F)F)cn1. The van der Waals surface area contributed by atoms with Crippen LogP contribution in [0.4, 0.5) is 24.7 Å². The molecule has 2 heterocycles. The lowest BCUT2D eigenvalue weighted by Gasteiger charge is -2.29. The fraction of sp³-hybridized carbons (Fsp3) is 0.368. The van der Waals surface area contributed by atoms with Gasteiger partial charge in [-0.2, -0.15) is 18.3 Å². The maximum absolute atomic E-state index is 12.5. The Morgan fingerprint density at radius 2 is 1.93 bits per heavy atom. The molecule has 0 spiro atoms. The highest BCUT2D eigenvalue weighted by Gasteiger charge is 2.30. The number of piperidine rings is 1. The predicted octanol–water partition coefficient (Wildman–Crippen LogP) is 4.55. The van der Waals surface area contributed by atoms with Gasteiger partial charge in [0.1, 0.15) is 11.6 Å². The number of nitrogens with one attached hydrogen (secondary N) is 1. The van der Waals surface area contributed by atoms with Crippen LogP contribution in [0.25, 0.3) is 0 Å². The lowest BCUT2D eigenvalue weighted by Crippen LogP contribution is -2.29. The number of halogens is 3. The summed E-state index contributed by atoms with van der Waals surface area (Å²) in [5.74, 6) is 0.909. The van der Waals surface area contributed by atoms with Crippen LogP contribution in [0.15, 0.2) is 41.6 Å². The molecule has 0 bridgehead atoms. The Bertz CT molecular complexity index is 785. The van der Waals surface area contributed by atoms with Crippen molar-refractivity contribution in [2.24, 2.45) is 5.10 Å². The van der Waals surface area contributed by atoms with Gasteiger partial charge in [0.15, 0.2) is 0 Å². The number of benzene rings is 1. The van der Waals surface area contributed by atoms with E-state index in [0.29, 0.717) is 5.75 Å². The topological polar surface area (TPSA) is 49.8 Å². The van der Waals surface area contributed by atoms with E-state index < -0.39 is 11.7 Å². The summed E-state index contributed by atoms with van der Waals surface area (Å²) < 4.78 is 43.1. The van der Waals surface area contributed by atoms with Crippen molar-refractivity contribution in [3.8, 4) is 5.75 Å². The first-order valence-electron chi connectivity index (χ1n) is 8.73. The number of methoxy groups -OCH3 is 1. The normalized spacial score (nSPS) is 15.2. The molecule has 0 saturated carbocycles. The minimum atomic E-state index is -4.40. The lowest BCUT2D eigenvalue weighted by molar-refractivity contribution is -0.137. The number of nitrogens with zero attached hydrogens (tertiary/aromatic N) is 3. The molecule has 27 heavy (non-hydrogen) atoms. The molecule has 1 aliphatic heterocycles. The number of aromatic nitrogens is 1. The second-order valence-electron chi connectivity index (χ2n) is 6.27. The summed E-state index contributed by atoms with van der Waals surface area (Å²) in [4.78, 5) is 6.04. The highest BCUT2D eigenvalue weighted by molar-refractivity contribution is 5.85. The van der Waals surface area contributed by atoms with Crippen molar-refractivity contribution >= 4 is 17.7 Å². The van der Waals surface area contributed by atoms with Crippen molar-refractivity contribution in [3.05, 3.63) is 47.7 Å². The van der Waals surface area contributed by atoms with Gasteiger partial charge in [-0.1, -0.05) is 0 Å². The molecule has 144 valence electrons. The van der Waals surface area contributed by atoms with E-state index in [-0.39, 0.29) is 5.82 Å². The molecule has 1 aromatic carbocycles. The number of hydrogen-bond acceptors (Lipinski definition) is 5. The van der Waals surface area contributed by atoms with Crippen molar-refractivity contribution in [2.45, 2.75) is 25.4 Å². The fourth-order valence-corrected chi connectivity index (χ4v) is 2.95. The highest BCUT2D eigenvalue weighted by Crippen LogP contribution is 2.29. The first-order valence-corrected chi connectivity index (χ1v) is 8.73. The maximum Gasteiger partial charge on any atom is 0.417 e. The van der Waals surface area contributed by atoms with Gasteiger partial charge in [0.25, 0.3) is 0 Å². The molecule has 1 aromatic heterocycles. The van der Waals surface area contributed by atoms with Crippen LogP contribution >= 0.6 is 0 Å². The smallest absolute Gasteiger partial charge is 0.417 e. The van der Waals surface area contributed by atoms with Crippen molar-refractivity contribution in [1.29, 1.82) is 0 Å². The van der Waals surface area contributed by atoms with Crippen LogP contribution in [0.2, 0.25) is 0 Å². The number of ether oxygens (including phenoxy) is 1. The van der Waals surface area contributed by atoms with Crippen LogP contribution in [0.1, 0.15) is 30.4 Å². The van der Waals surface area contributed by atoms with Crippen molar-refractivity contribution < 1.29 is 17.9 Å². The number of hydrogen-bond donors (Lipinski definition) is 1. The third-order valence-electron chi connectivity index (χ3n) is 4.41. The number of anilines is 2. The average molecular weight is 378 g/mol. The van der Waals surface area contributed by atoms with Gasteiger partial charge in [0, 0.05) is 36.6 Å². The van der Waals surface area contributed by atoms with Gasteiger partial charge < -0.3 is 9.64 Å². The van der Waals surface area contributed by atoms with E-state index >= 15 is 0 Å². The Morgan fingerprint density at radius 3 is 2.56 bits per heavy atom. The summed E-state index contributed by atoms with van der Waals surface area (Å²) in [6.07, 6.45) is 1.56. The van der Waals surface area contributed by atoms with Gasteiger partial charge >= 0.3 is 6.18 Å². The largest absolute Gasteiger partial charge is 0.496 e. The molecule has 0 radical (unpaired) electrons. The van der Waals surface area contributed by atoms with Crippen molar-refractivity contribution in [2.75, 3.05) is 30.5 Å². The Hall–Kier alpha value is -2.77. The first-order chi connectivity index (χ1) is 13.0. The number of hydrazone groups is 1. The predicted molar refractivity (Wildman–Crippen MR) is 99.5 cm³/mol. The van der Waals surface area contributed by atoms with E-state index in [4.69, 9.17) is 4.74 Å². The monoisotopic (exact) mass is 378 g/mol. The van der Waals surface area contributed by atoms with Crippen LogP contribution in [0.3, 0.4) is 0 Å². The molecular weight excluding hydrogens is 357 g/mol. The summed E-state index contributed by atoms with van der Waals surface area (Å²) >= 11 is 0. The number of alkyl halides is 3. The Balaban J connectivity index is 1.67. The summed E-state index contributed by atoms with van der Waals surface area (Å²) in [5, 5.41) is 4.04. The minimum absolute atomic E-state index is 0.225. The van der Waals surface area contributed by atoms with Crippen molar-refractivity contribution in [1.82, 2.24) is 4.98 Å². The molecule has 1 aliphatic rings. The second kappa shape index (κ2) is 8.28. The number of rotatable bonds is 5. The van der Waals surface area contributed by atoms with E-state index in [1.165, 1.54) is 25.3 Å². The Kier molecular flexibility index (Phi) is 5.83. The first kappa shape index (κ1) is 19.0. The Labute approximate surface area is 155 Å². The van der Waals surface area contributed by atoms with E-state index in [0.717, 1.165) is 36.6 Å². The van der Waals surface area contributed by atoms with Crippen molar-refractivity contribution in [3.63, 3.8) is 0 Å². The number of pyridine rings is 1. The highest BCUT2D eigenvalue weighted by atomic mass is 19.4. The molecule has 1 N–H and O–H groups in total. The molecule has 2 aromatic rings. The van der Waals surface area contributed by atoms with Gasteiger partial charge in [-0.25, -0.2) is 4.98 Å². The minimum Gasteiger partial charge on any atom is -0.496 e. The van der Waals surface area contributed by atoms with Crippen LogP contribution in [0, 0.1) is 0 Å². The van der Waals surface area contributed by atoms with Crippen LogP contribution < -0.4 is 15.1 Å². The summed E-state index contributed by atoms with van der Waals surface area (Å²) in [6, 6.07) is 8.10. The summed E-state index contributed by atoms with van der Waals surface area (Å²) in [6.45, 7) is 2.08. The Morgan fingerprint density at radius 1 is 1.15 bits per heavy atom.